The van der Waals surface area contributed by atoms with E-state index in [1.54, 1.807) is 24.3 Å². The third-order valence-corrected chi connectivity index (χ3v) is 3.37. The third-order valence-electron chi connectivity index (χ3n) is 2.68. The minimum Gasteiger partial charge on any atom is -0.479 e. The molecule has 0 aliphatic heterocycles. The van der Waals surface area contributed by atoms with Gasteiger partial charge in [0.05, 0.1) is 0 Å². The monoisotopic (exact) mass is 285 g/mol. The smallest absolute Gasteiger partial charge is 0.334 e. The second-order valence-corrected chi connectivity index (χ2v) is 4.43. The van der Waals surface area contributed by atoms with E-state index in [0.29, 0.717) is 16.4 Å². The van der Waals surface area contributed by atoms with E-state index in [0.717, 1.165) is 4.90 Å². The molecule has 1 aromatic rings. The number of aliphatic carboxylic acids is 1. The predicted octanol–water partition coefficient (Wildman–Crippen LogP) is 1.84. The highest BCUT2D eigenvalue weighted by atomic mass is 79.9. The lowest BCUT2D eigenvalue weighted by atomic mass is 9.91. The Bertz CT molecular complexity index is 421. The van der Waals surface area contributed by atoms with Crippen LogP contribution in [0.5, 0.6) is 0 Å². The largest absolute Gasteiger partial charge is 0.479 e. The van der Waals surface area contributed by atoms with Gasteiger partial charge in [0.2, 0.25) is 6.41 Å². The molecule has 0 fully saturated rings. The van der Waals surface area contributed by atoms with Crippen molar-refractivity contribution in [1.82, 2.24) is 4.90 Å². The molecule has 5 heteroatoms. The van der Waals surface area contributed by atoms with E-state index in [9.17, 15) is 14.7 Å². The van der Waals surface area contributed by atoms with E-state index in [1.165, 1.54) is 14.0 Å². The van der Waals surface area contributed by atoms with E-state index >= 15 is 0 Å². The highest BCUT2D eigenvalue weighted by Gasteiger charge is 2.40. The molecular formula is C11H12BrNO3. The number of halogens is 1. The molecule has 1 amide bonds. The van der Waals surface area contributed by atoms with Gasteiger partial charge >= 0.3 is 5.97 Å². The van der Waals surface area contributed by atoms with Crippen LogP contribution in [0.1, 0.15) is 12.5 Å². The molecule has 0 bridgehead atoms. The van der Waals surface area contributed by atoms with Gasteiger partial charge in [-0.05, 0) is 13.0 Å². The standard InChI is InChI=1S/C11H12BrNO3/c1-11(10(15)16,13(2)7-14)8-5-3-4-6-9(8)12/h3-7H,1-2H3,(H,15,16). The third kappa shape index (κ3) is 1.95. The minimum absolute atomic E-state index is 0.508. The van der Waals surface area contributed by atoms with Crippen LogP contribution in [0.3, 0.4) is 0 Å². The van der Waals surface area contributed by atoms with Crippen molar-refractivity contribution in [1.29, 1.82) is 0 Å². The average Bonchev–Trinajstić information content (AvgIpc) is 2.27. The lowest BCUT2D eigenvalue weighted by Gasteiger charge is -2.33. The fourth-order valence-corrected chi connectivity index (χ4v) is 2.09. The summed E-state index contributed by atoms with van der Waals surface area (Å²) in [7, 11) is 1.44. The summed E-state index contributed by atoms with van der Waals surface area (Å²) < 4.78 is 0.661. The molecule has 86 valence electrons. The predicted molar refractivity (Wildman–Crippen MR) is 63.0 cm³/mol. The van der Waals surface area contributed by atoms with Gasteiger partial charge in [0.15, 0.2) is 5.54 Å². The Kier molecular flexibility index (Phi) is 3.70. The number of carbonyl (C=O) groups is 2. The van der Waals surface area contributed by atoms with E-state index in [4.69, 9.17) is 0 Å². The van der Waals surface area contributed by atoms with Gasteiger partial charge in [-0.2, -0.15) is 0 Å². The summed E-state index contributed by atoms with van der Waals surface area (Å²) in [4.78, 5) is 23.3. The zero-order valence-corrected chi connectivity index (χ0v) is 10.6. The van der Waals surface area contributed by atoms with Crippen LogP contribution in [0.2, 0.25) is 0 Å². The number of carbonyl (C=O) groups excluding carboxylic acids is 1. The molecule has 1 atom stereocenters. The van der Waals surface area contributed by atoms with Crippen molar-refractivity contribution in [2.75, 3.05) is 7.05 Å². The molecule has 0 aliphatic carbocycles. The van der Waals surface area contributed by atoms with Crippen molar-refractivity contribution in [2.45, 2.75) is 12.5 Å². The fourth-order valence-electron chi connectivity index (χ4n) is 1.42. The quantitative estimate of drug-likeness (QED) is 0.859. The van der Waals surface area contributed by atoms with Crippen molar-refractivity contribution >= 4 is 28.3 Å². The van der Waals surface area contributed by atoms with Crippen LogP contribution < -0.4 is 0 Å². The first-order chi connectivity index (χ1) is 7.44. The van der Waals surface area contributed by atoms with E-state index in [2.05, 4.69) is 15.9 Å². The van der Waals surface area contributed by atoms with Gasteiger partial charge < -0.3 is 10.0 Å². The number of nitrogens with zero attached hydrogens (tertiary/aromatic N) is 1. The number of hydrogen-bond acceptors (Lipinski definition) is 2. The van der Waals surface area contributed by atoms with Crippen LogP contribution in [-0.4, -0.2) is 29.4 Å². The number of hydrogen-bond donors (Lipinski definition) is 1. The summed E-state index contributed by atoms with van der Waals surface area (Å²) in [6.45, 7) is 1.49. The molecule has 1 unspecified atom stereocenters. The summed E-state index contributed by atoms with van der Waals surface area (Å²) in [5, 5.41) is 9.29. The number of rotatable bonds is 4. The minimum atomic E-state index is -1.37. The van der Waals surface area contributed by atoms with Gasteiger partial charge in [0, 0.05) is 17.1 Å². The van der Waals surface area contributed by atoms with E-state index in [1.807, 2.05) is 0 Å². The fraction of sp³-hybridized carbons (Fsp3) is 0.273. The van der Waals surface area contributed by atoms with Gasteiger partial charge in [0.1, 0.15) is 0 Å². The highest BCUT2D eigenvalue weighted by molar-refractivity contribution is 9.10. The molecule has 0 saturated heterocycles. The van der Waals surface area contributed by atoms with Crippen molar-refractivity contribution in [3.8, 4) is 0 Å². The van der Waals surface area contributed by atoms with Crippen molar-refractivity contribution in [3.05, 3.63) is 34.3 Å². The topological polar surface area (TPSA) is 57.6 Å². The van der Waals surface area contributed by atoms with Crippen molar-refractivity contribution < 1.29 is 14.7 Å². The number of carboxylic acids is 1. The number of amides is 1. The first-order valence-corrected chi connectivity index (χ1v) is 5.40. The Hall–Kier alpha value is -1.36. The second kappa shape index (κ2) is 4.65. The first-order valence-electron chi connectivity index (χ1n) is 4.61. The van der Waals surface area contributed by atoms with Gasteiger partial charge in [-0.15, -0.1) is 0 Å². The molecule has 0 aromatic heterocycles. The average molecular weight is 286 g/mol. The van der Waals surface area contributed by atoms with Crippen LogP contribution in [0, 0.1) is 0 Å². The van der Waals surface area contributed by atoms with Crippen molar-refractivity contribution in [3.63, 3.8) is 0 Å². The number of benzene rings is 1. The maximum Gasteiger partial charge on any atom is 0.334 e. The lowest BCUT2D eigenvalue weighted by Crippen LogP contribution is -2.47. The van der Waals surface area contributed by atoms with Gasteiger partial charge in [0.25, 0.3) is 0 Å². The maximum absolute atomic E-state index is 11.4. The normalized spacial score (nSPS) is 13.9. The Morgan fingerprint density at radius 3 is 2.50 bits per heavy atom. The van der Waals surface area contributed by atoms with Crippen LogP contribution in [0.25, 0.3) is 0 Å². The van der Waals surface area contributed by atoms with E-state index in [-0.39, 0.29) is 0 Å². The first kappa shape index (κ1) is 12.7. The summed E-state index contributed by atoms with van der Waals surface area (Å²) in [6, 6.07) is 6.95. The molecule has 0 aliphatic rings. The zero-order chi connectivity index (χ0) is 12.3. The Morgan fingerprint density at radius 1 is 1.50 bits per heavy atom. The van der Waals surface area contributed by atoms with Crippen LogP contribution in [-0.2, 0) is 15.1 Å². The van der Waals surface area contributed by atoms with Crippen molar-refractivity contribution in [2.24, 2.45) is 0 Å². The van der Waals surface area contributed by atoms with Crippen LogP contribution in [0.15, 0.2) is 28.7 Å². The Morgan fingerprint density at radius 2 is 2.06 bits per heavy atom. The highest BCUT2D eigenvalue weighted by Crippen LogP contribution is 2.32. The van der Waals surface area contributed by atoms with Gasteiger partial charge in [-0.25, -0.2) is 4.79 Å². The zero-order valence-electron chi connectivity index (χ0n) is 8.98. The van der Waals surface area contributed by atoms with Crippen LogP contribution >= 0.6 is 15.9 Å². The molecule has 1 rings (SSSR count). The molecule has 0 radical (unpaired) electrons. The maximum atomic E-state index is 11.4. The van der Waals surface area contributed by atoms with Gasteiger partial charge in [-0.1, -0.05) is 34.1 Å². The molecule has 4 nitrogen and oxygen atoms in total. The van der Waals surface area contributed by atoms with Crippen LogP contribution in [0.4, 0.5) is 0 Å². The SMILES string of the molecule is CN(C=O)C(C)(C(=O)O)c1ccccc1Br. The summed E-state index contributed by atoms with van der Waals surface area (Å²) in [5.74, 6) is -1.07. The molecule has 1 N–H and O–H groups in total. The molecule has 16 heavy (non-hydrogen) atoms. The molecule has 0 heterocycles. The summed E-state index contributed by atoms with van der Waals surface area (Å²) >= 11 is 3.29. The number of likely N-dealkylation sites (N-methyl/N-ethyl adjacent to an activating group) is 1. The summed E-state index contributed by atoms with van der Waals surface area (Å²) in [6.07, 6.45) is 0.508. The van der Waals surface area contributed by atoms with Gasteiger partial charge in [-0.3, -0.25) is 4.79 Å². The molecule has 0 saturated carbocycles. The molecule has 1 aromatic carbocycles. The molecule has 0 spiro atoms. The Balaban J connectivity index is 3.39. The molecular weight excluding hydrogens is 274 g/mol. The number of carboxylic acid groups (broad SMARTS) is 1. The second-order valence-electron chi connectivity index (χ2n) is 3.57. The van der Waals surface area contributed by atoms with E-state index < -0.39 is 11.5 Å². The lowest BCUT2D eigenvalue weighted by molar-refractivity contribution is -0.153. The Labute approximate surface area is 102 Å². The summed E-state index contributed by atoms with van der Waals surface area (Å²) in [5.41, 5.74) is -0.834.